The van der Waals surface area contributed by atoms with Crippen LogP contribution in [0.5, 0.6) is 5.75 Å². The third-order valence-corrected chi connectivity index (χ3v) is 9.08. The van der Waals surface area contributed by atoms with Crippen molar-refractivity contribution in [2.24, 2.45) is 5.92 Å². The number of carbonyl (C=O) groups excluding carboxylic acids is 3. The van der Waals surface area contributed by atoms with Crippen molar-refractivity contribution < 1.29 is 29.0 Å². The number of anilines is 2. The van der Waals surface area contributed by atoms with Crippen molar-refractivity contribution in [3.63, 3.8) is 0 Å². The fourth-order valence-corrected chi connectivity index (χ4v) is 6.16. The lowest BCUT2D eigenvalue weighted by Crippen LogP contribution is -2.48. The molecule has 11 nitrogen and oxygen atoms in total. The van der Waals surface area contributed by atoms with Gasteiger partial charge in [0.15, 0.2) is 0 Å². The van der Waals surface area contributed by atoms with Crippen molar-refractivity contribution in [2.75, 3.05) is 44.0 Å². The van der Waals surface area contributed by atoms with Crippen LogP contribution in [0.2, 0.25) is 0 Å². The number of aliphatic hydroxyl groups excluding tert-OH is 1. The van der Waals surface area contributed by atoms with Gasteiger partial charge in [-0.3, -0.25) is 4.79 Å². The van der Waals surface area contributed by atoms with Crippen molar-refractivity contribution in [1.29, 1.82) is 0 Å². The molecule has 4 N–H and O–H groups in total. The monoisotopic (exact) mass is 651 g/mol. The molecule has 5 amide bonds. The lowest BCUT2D eigenvalue weighted by Gasteiger charge is -2.35. The Hall–Kier alpha value is -3.83. The van der Waals surface area contributed by atoms with E-state index >= 15 is 0 Å². The largest absolute Gasteiger partial charge is 0.490 e. The van der Waals surface area contributed by atoms with Gasteiger partial charge in [0.05, 0.1) is 30.4 Å². The Morgan fingerprint density at radius 1 is 0.979 bits per heavy atom. The second kappa shape index (κ2) is 17.9. The molecule has 0 aromatic heterocycles. The fraction of sp³-hybridized carbons (Fsp3) is 0.583. The minimum atomic E-state index is -0.505. The highest BCUT2D eigenvalue weighted by molar-refractivity contribution is 5.99. The molecule has 2 aliphatic rings. The summed E-state index contributed by atoms with van der Waals surface area (Å²) in [5, 5.41) is 19.1. The SMILES string of the molecule is C[C@@H]1CN([C@@H](C)CO)C(=O)c2cc(NC(=O)NC3CCCCC3)ccc2O[C@@H](C)CCCCO[C@@H]1CN(C)C(=O)Nc1ccccc1. The Morgan fingerprint density at radius 3 is 2.43 bits per heavy atom. The summed E-state index contributed by atoms with van der Waals surface area (Å²) in [7, 11) is 1.73. The number of likely N-dealkylation sites (N-methyl/N-ethyl adjacent to an activating group) is 1. The van der Waals surface area contributed by atoms with Gasteiger partial charge in [0.25, 0.3) is 5.91 Å². The molecule has 0 saturated heterocycles. The summed E-state index contributed by atoms with van der Waals surface area (Å²) >= 11 is 0. The Labute approximate surface area is 279 Å². The Balaban J connectivity index is 1.56. The second-order valence-electron chi connectivity index (χ2n) is 13.1. The summed E-state index contributed by atoms with van der Waals surface area (Å²) in [6, 6.07) is 13.5. The first kappa shape index (κ1) is 36.0. The maximum absolute atomic E-state index is 14.3. The third-order valence-electron chi connectivity index (χ3n) is 9.08. The first-order chi connectivity index (χ1) is 22.6. The maximum Gasteiger partial charge on any atom is 0.321 e. The van der Waals surface area contributed by atoms with Gasteiger partial charge in [0.1, 0.15) is 5.75 Å². The standard InChI is InChI=1S/C36H53N5O6/c1-25-22-41(26(2)24-42)34(43)31-21-30(38-35(44)37-28-14-7-5-8-15-28)18-19-32(31)47-27(3)13-11-12-20-46-33(25)23-40(4)36(45)39-29-16-9-6-10-17-29/h6,9-10,16-19,21,25-28,33,42H,5,7-8,11-15,20,22-24H2,1-4H3,(H,39,45)(H2,37,38,44)/t25-,26+,27+,33-/m1/s1. The number of amides is 5. The van der Waals surface area contributed by atoms with E-state index in [0.29, 0.717) is 35.8 Å². The number of nitrogens with one attached hydrogen (secondary N) is 3. The molecule has 4 rings (SSSR count). The molecule has 1 saturated carbocycles. The normalized spacial score (nSPS) is 22.2. The number of benzene rings is 2. The molecular formula is C36H53N5O6. The lowest BCUT2D eigenvalue weighted by molar-refractivity contribution is -0.0115. The lowest BCUT2D eigenvalue weighted by atomic mass is 9.96. The van der Waals surface area contributed by atoms with E-state index < -0.39 is 6.04 Å². The van der Waals surface area contributed by atoms with Crippen LogP contribution in [-0.4, -0.2) is 90.5 Å². The minimum absolute atomic E-state index is 0.146. The molecule has 0 radical (unpaired) electrons. The van der Waals surface area contributed by atoms with E-state index in [1.807, 2.05) is 44.2 Å². The number of rotatable bonds is 7. The summed E-state index contributed by atoms with van der Waals surface area (Å²) in [6.07, 6.45) is 7.25. The van der Waals surface area contributed by atoms with Gasteiger partial charge >= 0.3 is 12.1 Å². The number of aliphatic hydroxyl groups is 1. The highest BCUT2D eigenvalue weighted by Gasteiger charge is 2.31. The smallest absolute Gasteiger partial charge is 0.321 e. The number of nitrogens with zero attached hydrogens (tertiary/aromatic N) is 2. The first-order valence-electron chi connectivity index (χ1n) is 17.1. The predicted octanol–water partition coefficient (Wildman–Crippen LogP) is 6.10. The Kier molecular flexibility index (Phi) is 13.7. The molecule has 1 aliphatic carbocycles. The molecule has 2 aromatic carbocycles. The topological polar surface area (TPSA) is 132 Å². The van der Waals surface area contributed by atoms with Crippen LogP contribution in [0.4, 0.5) is 21.0 Å². The molecule has 0 unspecified atom stereocenters. The van der Waals surface area contributed by atoms with Crippen LogP contribution < -0.4 is 20.7 Å². The van der Waals surface area contributed by atoms with Crippen molar-refractivity contribution >= 4 is 29.3 Å². The zero-order chi connectivity index (χ0) is 33.8. The van der Waals surface area contributed by atoms with Crippen LogP contribution >= 0.6 is 0 Å². The van der Waals surface area contributed by atoms with E-state index in [4.69, 9.17) is 9.47 Å². The molecule has 2 aromatic rings. The van der Waals surface area contributed by atoms with Crippen LogP contribution in [0, 0.1) is 5.92 Å². The number of fused-ring (bicyclic) bond motifs is 1. The molecule has 1 aliphatic heterocycles. The summed E-state index contributed by atoms with van der Waals surface area (Å²) < 4.78 is 12.7. The fourth-order valence-electron chi connectivity index (χ4n) is 6.16. The molecule has 0 spiro atoms. The third kappa shape index (κ3) is 10.9. The Morgan fingerprint density at radius 2 is 1.70 bits per heavy atom. The number of hydrogen-bond donors (Lipinski definition) is 4. The summed E-state index contributed by atoms with van der Waals surface area (Å²) in [6.45, 7) is 6.63. The van der Waals surface area contributed by atoms with Crippen LogP contribution in [0.25, 0.3) is 0 Å². The van der Waals surface area contributed by atoms with Crippen molar-refractivity contribution in [1.82, 2.24) is 15.1 Å². The van der Waals surface area contributed by atoms with E-state index in [0.717, 1.165) is 44.9 Å². The number of carbonyl (C=O) groups is 3. The number of hydrogen-bond acceptors (Lipinski definition) is 6. The Bertz CT molecular complexity index is 1300. The van der Waals surface area contributed by atoms with Gasteiger partial charge in [0, 0.05) is 50.1 Å². The average Bonchev–Trinajstić information content (AvgIpc) is 3.06. The highest BCUT2D eigenvalue weighted by atomic mass is 16.5. The molecule has 11 heteroatoms. The minimum Gasteiger partial charge on any atom is -0.490 e. The van der Waals surface area contributed by atoms with Gasteiger partial charge in [0.2, 0.25) is 0 Å². The molecular weight excluding hydrogens is 598 g/mol. The van der Waals surface area contributed by atoms with Gasteiger partial charge in [-0.2, -0.15) is 0 Å². The van der Waals surface area contributed by atoms with E-state index in [1.165, 1.54) is 6.42 Å². The molecule has 4 atom stereocenters. The van der Waals surface area contributed by atoms with E-state index in [1.54, 1.807) is 42.0 Å². The predicted molar refractivity (Wildman–Crippen MR) is 184 cm³/mol. The summed E-state index contributed by atoms with van der Waals surface area (Å²) in [4.78, 5) is 43.5. The van der Waals surface area contributed by atoms with Crippen molar-refractivity contribution in [3.8, 4) is 5.75 Å². The summed E-state index contributed by atoms with van der Waals surface area (Å²) in [5.41, 5.74) is 1.50. The quantitative estimate of drug-likeness (QED) is 0.286. The van der Waals surface area contributed by atoms with E-state index in [9.17, 15) is 19.5 Å². The number of urea groups is 2. The van der Waals surface area contributed by atoms with Gasteiger partial charge < -0.3 is 40.3 Å². The van der Waals surface area contributed by atoms with Crippen LogP contribution in [-0.2, 0) is 4.74 Å². The van der Waals surface area contributed by atoms with Gasteiger partial charge in [-0.05, 0) is 76.3 Å². The zero-order valence-corrected chi connectivity index (χ0v) is 28.4. The first-order valence-corrected chi connectivity index (χ1v) is 17.1. The van der Waals surface area contributed by atoms with Gasteiger partial charge in [-0.15, -0.1) is 0 Å². The molecule has 1 heterocycles. The molecule has 258 valence electrons. The molecule has 47 heavy (non-hydrogen) atoms. The molecule has 1 fully saturated rings. The maximum atomic E-state index is 14.3. The van der Waals surface area contributed by atoms with E-state index in [-0.39, 0.29) is 55.3 Å². The van der Waals surface area contributed by atoms with Crippen molar-refractivity contribution in [3.05, 3.63) is 54.1 Å². The van der Waals surface area contributed by atoms with Crippen LogP contribution in [0.1, 0.15) is 82.5 Å². The molecule has 0 bridgehead atoms. The number of ether oxygens (including phenoxy) is 2. The van der Waals surface area contributed by atoms with Crippen LogP contribution in [0.15, 0.2) is 48.5 Å². The van der Waals surface area contributed by atoms with Gasteiger partial charge in [-0.1, -0.05) is 44.4 Å². The second-order valence-corrected chi connectivity index (χ2v) is 13.1. The zero-order valence-electron chi connectivity index (χ0n) is 28.4. The van der Waals surface area contributed by atoms with Crippen LogP contribution in [0.3, 0.4) is 0 Å². The van der Waals surface area contributed by atoms with Gasteiger partial charge in [-0.25, -0.2) is 9.59 Å². The van der Waals surface area contributed by atoms with Crippen molar-refractivity contribution in [2.45, 2.75) is 96.4 Å². The van der Waals surface area contributed by atoms with E-state index in [2.05, 4.69) is 16.0 Å². The average molecular weight is 652 g/mol. The highest BCUT2D eigenvalue weighted by Crippen LogP contribution is 2.29. The summed E-state index contributed by atoms with van der Waals surface area (Å²) in [5.74, 6) is -0.0673. The number of para-hydroxylation sites is 1.